The second-order valence-corrected chi connectivity index (χ2v) is 7.10. The standard InChI is InChI=1S/C22H27N5O4/c1-28-18-11-16-19(21(30-3)20(18)29-2)25-14-26-22(16)24-13-17(15-5-4-6-23-12-15)27-7-9-31-10-8-27/h4-6,11-12,14,17H,7-10,13H2,1-3H3,(H,24,25,26). The molecule has 1 aliphatic heterocycles. The highest BCUT2D eigenvalue weighted by Gasteiger charge is 2.24. The summed E-state index contributed by atoms with van der Waals surface area (Å²) >= 11 is 0. The van der Waals surface area contributed by atoms with Gasteiger partial charge in [0.05, 0.1) is 46.0 Å². The van der Waals surface area contributed by atoms with Crippen molar-refractivity contribution in [3.05, 3.63) is 42.5 Å². The fourth-order valence-electron chi connectivity index (χ4n) is 3.92. The quantitative estimate of drug-likeness (QED) is 0.584. The predicted molar refractivity (Wildman–Crippen MR) is 117 cm³/mol. The topological polar surface area (TPSA) is 90.9 Å². The van der Waals surface area contributed by atoms with Crippen molar-refractivity contribution >= 4 is 16.7 Å². The van der Waals surface area contributed by atoms with E-state index in [4.69, 9.17) is 18.9 Å². The van der Waals surface area contributed by atoms with Crippen molar-refractivity contribution in [2.24, 2.45) is 0 Å². The van der Waals surface area contributed by atoms with Gasteiger partial charge in [-0.3, -0.25) is 9.88 Å². The molecule has 1 unspecified atom stereocenters. The molecular formula is C22H27N5O4. The molecule has 9 nitrogen and oxygen atoms in total. The van der Waals surface area contributed by atoms with Gasteiger partial charge in [0.25, 0.3) is 0 Å². The van der Waals surface area contributed by atoms with Gasteiger partial charge in [-0.2, -0.15) is 0 Å². The van der Waals surface area contributed by atoms with E-state index in [1.807, 2.05) is 18.3 Å². The molecule has 3 heterocycles. The average molecular weight is 425 g/mol. The van der Waals surface area contributed by atoms with Gasteiger partial charge in [0, 0.05) is 32.0 Å². The lowest BCUT2D eigenvalue weighted by atomic mass is 10.1. The lowest BCUT2D eigenvalue weighted by molar-refractivity contribution is 0.0186. The molecule has 4 rings (SSSR count). The highest BCUT2D eigenvalue weighted by atomic mass is 16.5. The Morgan fingerprint density at radius 1 is 1.10 bits per heavy atom. The zero-order valence-electron chi connectivity index (χ0n) is 18.0. The van der Waals surface area contributed by atoms with Crippen LogP contribution in [0.5, 0.6) is 17.2 Å². The number of nitrogens with zero attached hydrogens (tertiary/aromatic N) is 4. The van der Waals surface area contributed by atoms with Crippen LogP contribution in [0, 0.1) is 0 Å². The van der Waals surface area contributed by atoms with Crippen LogP contribution in [0.3, 0.4) is 0 Å². The maximum atomic E-state index is 5.58. The van der Waals surface area contributed by atoms with E-state index < -0.39 is 0 Å². The van der Waals surface area contributed by atoms with Crippen molar-refractivity contribution in [2.75, 3.05) is 59.5 Å². The normalized spacial score (nSPS) is 15.5. The predicted octanol–water partition coefficient (Wildman–Crippen LogP) is 2.54. The molecule has 1 saturated heterocycles. The maximum absolute atomic E-state index is 5.58. The Kier molecular flexibility index (Phi) is 6.63. The SMILES string of the molecule is COc1cc2c(NCC(c3cccnc3)N3CCOCC3)ncnc2c(OC)c1OC. The third kappa shape index (κ3) is 4.33. The summed E-state index contributed by atoms with van der Waals surface area (Å²) < 4.78 is 22.1. The van der Waals surface area contributed by atoms with Crippen molar-refractivity contribution in [3.8, 4) is 17.2 Å². The van der Waals surface area contributed by atoms with Gasteiger partial charge in [0.2, 0.25) is 5.75 Å². The van der Waals surface area contributed by atoms with Crippen molar-refractivity contribution in [1.82, 2.24) is 19.9 Å². The minimum absolute atomic E-state index is 0.129. The zero-order valence-corrected chi connectivity index (χ0v) is 18.0. The molecule has 0 amide bonds. The molecule has 1 aliphatic rings. The number of aromatic nitrogens is 3. The highest BCUT2D eigenvalue weighted by Crippen LogP contribution is 2.43. The van der Waals surface area contributed by atoms with Gasteiger partial charge >= 0.3 is 0 Å². The van der Waals surface area contributed by atoms with Crippen LogP contribution in [-0.2, 0) is 4.74 Å². The number of pyridine rings is 1. The summed E-state index contributed by atoms with van der Waals surface area (Å²) in [6.07, 6.45) is 5.22. The first-order valence-electron chi connectivity index (χ1n) is 10.2. The molecule has 0 spiro atoms. The van der Waals surface area contributed by atoms with Crippen LogP contribution in [0.1, 0.15) is 11.6 Å². The molecule has 0 radical (unpaired) electrons. The number of anilines is 1. The monoisotopic (exact) mass is 425 g/mol. The summed E-state index contributed by atoms with van der Waals surface area (Å²) in [6.45, 7) is 3.83. The molecule has 1 atom stereocenters. The second kappa shape index (κ2) is 9.76. The fraction of sp³-hybridized carbons (Fsp3) is 0.409. The molecule has 31 heavy (non-hydrogen) atoms. The molecule has 1 N–H and O–H groups in total. The number of rotatable bonds is 8. The summed E-state index contributed by atoms with van der Waals surface area (Å²) in [4.78, 5) is 15.6. The fourth-order valence-corrected chi connectivity index (χ4v) is 3.92. The van der Waals surface area contributed by atoms with Crippen molar-refractivity contribution in [2.45, 2.75) is 6.04 Å². The van der Waals surface area contributed by atoms with Crippen LogP contribution >= 0.6 is 0 Å². The molecule has 1 aromatic carbocycles. The van der Waals surface area contributed by atoms with E-state index in [9.17, 15) is 0 Å². The van der Waals surface area contributed by atoms with Gasteiger partial charge < -0.3 is 24.3 Å². The first kappa shape index (κ1) is 21.1. The van der Waals surface area contributed by atoms with Crippen LogP contribution in [0.4, 0.5) is 5.82 Å². The molecule has 0 bridgehead atoms. The van der Waals surface area contributed by atoms with Crippen molar-refractivity contribution in [3.63, 3.8) is 0 Å². The molecule has 164 valence electrons. The summed E-state index contributed by atoms with van der Waals surface area (Å²) in [5, 5.41) is 4.31. The smallest absolute Gasteiger partial charge is 0.205 e. The van der Waals surface area contributed by atoms with Gasteiger partial charge in [-0.05, 0) is 17.7 Å². The third-order valence-electron chi connectivity index (χ3n) is 5.45. The van der Waals surface area contributed by atoms with Crippen LogP contribution < -0.4 is 19.5 Å². The zero-order chi connectivity index (χ0) is 21.6. The number of morpholine rings is 1. The first-order valence-corrected chi connectivity index (χ1v) is 10.2. The molecule has 1 fully saturated rings. The average Bonchev–Trinajstić information content (AvgIpc) is 2.84. The number of benzene rings is 1. The van der Waals surface area contributed by atoms with E-state index in [0.717, 1.165) is 37.3 Å². The van der Waals surface area contributed by atoms with E-state index in [0.29, 0.717) is 35.1 Å². The number of methoxy groups -OCH3 is 3. The van der Waals surface area contributed by atoms with E-state index >= 15 is 0 Å². The summed E-state index contributed by atoms with van der Waals surface area (Å²) in [5.74, 6) is 2.27. The summed E-state index contributed by atoms with van der Waals surface area (Å²) in [6, 6.07) is 6.06. The summed E-state index contributed by atoms with van der Waals surface area (Å²) in [7, 11) is 4.76. The lowest BCUT2D eigenvalue weighted by Gasteiger charge is -2.34. The third-order valence-corrected chi connectivity index (χ3v) is 5.45. The van der Waals surface area contributed by atoms with E-state index in [1.54, 1.807) is 27.5 Å². The van der Waals surface area contributed by atoms with Gasteiger partial charge in [0.15, 0.2) is 11.5 Å². The lowest BCUT2D eigenvalue weighted by Crippen LogP contribution is -2.41. The first-order chi connectivity index (χ1) is 15.3. The number of hydrogen-bond donors (Lipinski definition) is 1. The minimum Gasteiger partial charge on any atom is -0.493 e. The Bertz CT molecular complexity index is 1010. The van der Waals surface area contributed by atoms with Gasteiger partial charge in [-0.1, -0.05) is 6.07 Å². The van der Waals surface area contributed by atoms with E-state index in [1.165, 1.54) is 6.33 Å². The molecule has 3 aromatic rings. The van der Waals surface area contributed by atoms with Gasteiger partial charge in [0.1, 0.15) is 17.7 Å². The number of fused-ring (bicyclic) bond motifs is 1. The van der Waals surface area contributed by atoms with Crippen molar-refractivity contribution < 1.29 is 18.9 Å². The Balaban J connectivity index is 1.68. The Labute approximate surface area is 181 Å². The van der Waals surface area contributed by atoms with Crippen LogP contribution in [0.2, 0.25) is 0 Å². The second-order valence-electron chi connectivity index (χ2n) is 7.10. The number of nitrogens with one attached hydrogen (secondary N) is 1. The largest absolute Gasteiger partial charge is 0.493 e. The van der Waals surface area contributed by atoms with Crippen LogP contribution in [0.15, 0.2) is 36.9 Å². The maximum Gasteiger partial charge on any atom is 0.205 e. The van der Waals surface area contributed by atoms with Crippen LogP contribution in [0.25, 0.3) is 10.9 Å². The van der Waals surface area contributed by atoms with Crippen LogP contribution in [-0.4, -0.2) is 74.0 Å². The number of hydrogen-bond acceptors (Lipinski definition) is 9. The molecule has 0 aliphatic carbocycles. The Morgan fingerprint density at radius 2 is 1.90 bits per heavy atom. The summed E-state index contributed by atoms with van der Waals surface area (Å²) in [5.41, 5.74) is 1.80. The van der Waals surface area contributed by atoms with Crippen molar-refractivity contribution in [1.29, 1.82) is 0 Å². The molecule has 0 saturated carbocycles. The van der Waals surface area contributed by atoms with Gasteiger partial charge in [-0.15, -0.1) is 0 Å². The molecule has 2 aromatic heterocycles. The van der Waals surface area contributed by atoms with E-state index in [2.05, 4.69) is 31.2 Å². The molecular weight excluding hydrogens is 398 g/mol. The molecule has 9 heteroatoms. The number of ether oxygens (including phenoxy) is 4. The Hall–Kier alpha value is -3.17. The van der Waals surface area contributed by atoms with E-state index in [-0.39, 0.29) is 6.04 Å². The highest BCUT2D eigenvalue weighted by molar-refractivity contribution is 5.96. The Morgan fingerprint density at radius 3 is 2.58 bits per heavy atom. The van der Waals surface area contributed by atoms with Gasteiger partial charge in [-0.25, -0.2) is 9.97 Å². The minimum atomic E-state index is 0.129.